The smallest absolute Gasteiger partial charge is 0.0615 e. The van der Waals surface area contributed by atoms with Gasteiger partial charge in [0.15, 0.2) is 0 Å². The van der Waals surface area contributed by atoms with Crippen molar-refractivity contribution in [2.75, 3.05) is 13.2 Å². The lowest BCUT2D eigenvalue weighted by molar-refractivity contribution is 0.131. The Morgan fingerprint density at radius 3 is 2.75 bits per heavy atom. The van der Waals surface area contributed by atoms with Gasteiger partial charge in [0.05, 0.1) is 6.61 Å². The Bertz CT molecular complexity index is 138. The van der Waals surface area contributed by atoms with Gasteiger partial charge in [-0.15, -0.1) is 0 Å². The molecule has 12 heavy (non-hydrogen) atoms. The van der Waals surface area contributed by atoms with Crippen LogP contribution in [0.5, 0.6) is 0 Å². The number of rotatable bonds is 4. The zero-order chi connectivity index (χ0) is 9.03. The van der Waals surface area contributed by atoms with Crippen molar-refractivity contribution in [3.63, 3.8) is 0 Å². The number of aliphatic hydroxyl groups excluding tert-OH is 1. The first-order valence-corrected chi connectivity index (χ1v) is 5.11. The number of aliphatic hydroxyl groups is 1. The third kappa shape index (κ3) is 1.80. The fourth-order valence-corrected chi connectivity index (χ4v) is 2.17. The molecule has 2 atom stereocenters. The van der Waals surface area contributed by atoms with E-state index < -0.39 is 0 Å². The predicted molar refractivity (Wildman–Crippen MR) is 51.1 cm³/mol. The van der Waals surface area contributed by atoms with Crippen LogP contribution in [0.2, 0.25) is 0 Å². The molecule has 0 bridgehead atoms. The lowest BCUT2D eigenvalue weighted by Gasteiger charge is -2.33. The van der Waals surface area contributed by atoms with E-state index in [9.17, 15) is 5.11 Å². The van der Waals surface area contributed by atoms with Crippen molar-refractivity contribution < 1.29 is 5.11 Å². The van der Waals surface area contributed by atoms with E-state index in [2.05, 4.69) is 19.2 Å². The molecule has 0 aromatic carbocycles. The minimum Gasteiger partial charge on any atom is -0.394 e. The summed E-state index contributed by atoms with van der Waals surface area (Å²) < 4.78 is 0. The molecule has 1 aliphatic carbocycles. The molecule has 0 amide bonds. The van der Waals surface area contributed by atoms with Crippen molar-refractivity contribution in [2.24, 2.45) is 5.92 Å². The molecule has 2 N–H and O–H groups in total. The minimum atomic E-state index is 0.0516. The third-order valence-electron chi connectivity index (χ3n) is 3.21. The average molecular weight is 171 g/mol. The highest BCUT2D eigenvalue weighted by Crippen LogP contribution is 2.34. The quantitative estimate of drug-likeness (QED) is 0.672. The van der Waals surface area contributed by atoms with E-state index in [-0.39, 0.29) is 5.54 Å². The normalized spacial score (nSPS) is 35.8. The first kappa shape index (κ1) is 10.0. The second kappa shape index (κ2) is 4.24. The van der Waals surface area contributed by atoms with E-state index in [1.54, 1.807) is 0 Å². The van der Waals surface area contributed by atoms with E-state index in [0.29, 0.717) is 12.5 Å². The monoisotopic (exact) mass is 171 g/mol. The second-order valence-electron chi connectivity index (χ2n) is 4.03. The van der Waals surface area contributed by atoms with Crippen molar-refractivity contribution in [3.8, 4) is 0 Å². The zero-order valence-electron chi connectivity index (χ0n) is 8.27. The van der Waals surface area contributed by atoms with Crippen molar-refractivity contribution in [1.82, 2.24) is 5.32 Å². The largest absolute Gasteiger partial charge is 0.394 e. The SMILES string of the molecule is CCCNC1(CO)CCCC1C. The fourth-order valence-electron chi connectivity index (χ4n) is 2.17. The summed E-state index contributed by atoms with van der Waals surface area (Å²) in [4.78, 5) is 0. The highest BCUT2D eigenvalue weighted by atomic mass is 16.3. The van der Waals surface area contributed by atoms with Gasteiger partial charge < -0.3 is 10.4 Å². The van der Waals surface area contributed by atoms with Crippen LogP contribution in [-0.4, -0.2) is 23.8 Å². The van der Waals surface area contributed by atoms with E-state index in [0.717, 1.165) is 19.4 Å². The summed E-state index contributed by atoms with van der Waals surface area (Å²) in [7, 11) is 0. The molecule has 0 aromatic heterocycles. The van der Waals surface area contributed by atoms with Crippen LogP contribution >= 0.6 is 0 Å². The van der Waals surface area contributed by atoms with Gasteiger partial charge in [-0.2, -0.15) is 0 Å². The Labute approximate surface area is 75.4 Å². The van der Waals surface area contributed by atoms with Gasteiger partial charge in [-0.1, -0.05) is 20.3 Å². The molecule has 1 fully saturated rings. The second-order valence-corrected chi connectivity index (χ2v) is 4.03. The molecule has 0 spiro atoms. The summed E-state index contributed by atoms with van der Waals surface area (Å²) in [5, 5.41) is 12.8. The maximum atomic E-state index is 9.35. The molecule has 2 nitrogen and oxygen atoms in total. The zero-order valence-corrected chi connectivity index (χ0v) is 8.27. The lowest BCUT2D eigenvalue weighted by atomic mass is 9.89. The lowest BCUT2D eigenvalue weighted by Crippen LogP contribution is -2.50. The predicted octanol–water partition coefficient (Wildman–Crippen LogP) is 1.54. The summed E-state index contributed by atoms with van der Waals surface area (Å²) >= 11 is 0. The van der Waals surface area contributed by atoms with E-state index >= 15 is 0 Å². The van der Waals surface area contributed by atoms with Gasteiger partial charge in [-0.25, -0.2) is 0 Å². The van der Waals surface area contributed by atoms with Crippen LogP contribution in [0.15, 0.2) is 0 Å². The molecule has 1 aliphatic rings. The van der Waals surface area contributed by atoms with E-state index in [1.165, 1.54) is 12.8 Å². The van der Waals surface area contributed by atoms with E-state index in [1.807, 2.05) is 0 Å². The van der Waals surface area contributed by atoms with Gasteiger partial charge >= 0.3 is 0 Å². The molecule has 0 saturated heterocycles. The van der Waals surface area contributed by atoms with Crippen LogP contribution in [0, 0.1) is 5.92 Å². The Morgan fingerprint density at radius 2 is 2.33 bits per heavy atom. The summed E-state index contributed by atoms with van der Waals surface area (Å²) in [6.07, 6.45) is 4.81. The maximum Gasteiger partial charge on any atom is 0.0615 e. The Morgan fingerprint density at radius 1 is 1.58 bits per heavy atom. The molecule has 0 aromatic rings. The number of hydrogen-bond acceptors (Lipinski definition) is 2. The summed E-state index contributed by atoms with van der Waals surface area (Å²) in [5.74, 6) is 0.633. The van der Waals surface area contributed by atoms with Gasteiger partial charge in [-0.3, -0.25) is 0 Å². The molecular weight excluding hydrogens is 150 g/mol. The van der Waals surface area contributed by atoms with Gasteiger partial charge in [0, 0.05) is 5.54 Å². The van der Waals surface area contributed by atoms with Crippen molar-refractivity contribution in [2.45, 2.75) is 45.1 Å². The van der Waals surface area contributed by atoms with Crippen LogP contribution in [-0.2, 0) is 0 Å². The molecular formula is C10H21NO. The summed E-state index contributed by atoms with van der Waals surface area (Å²) in [5.41, 5.74) is 0.0516. The highest BCUT2D eigenvalue weighted by molar-refractivity contribution is 4.96. The molecule has 72 valence electrons. The summed E-state index contributed by atoms with van der Waals surface area (Å²) in [6, 6.07) is 0. The highest BCUT2D eigenvalue weighted by Gasteiger charge is 2.38. The van der Waals surface area contributed by atoms with Crippen molar-refractivity contribution in [1.29, 1.82) is 0 Å². The van der Waals surface area contributed by atoms with Crippen LogP contribution in [0.1, 0.15) is 39.5 Å². The van der Waals surface area contributed by atoms with Crippen LogP contribution < -0.4 is 5.32 Å². The van der Waals surface area contributed by atoms with Gasteiger partial charge in [0.2, 0.25) is 0 Å². The summed E-state index contributed by atoms with van der Waals surface area (Å²) in [6.45, 7) is 5.74. The van der Waals surface area contributed by atoms with Crippen molar-refractivity contribution >= 4 is 0 Å². The minimum absolute atomic E-state index is 0.0516. The van der Waals surface area contributed by atoms with Crippen LogP contribution in [0.4, 0.5) is 0 Å². The topological polar surface area (TPSA) is 32.3 Å². The fraction of sp³-hybridized carbons (Fsp3) is 1.00. The van der Waals surface area contributed by atoms with Gasteiger partial charge in [0.1, 0.15) is 0 Å². The Balaban J connectivity index is 2.49. The number of nitrogens with one attached hydrogen (secondary N) is 1. The van der Waals surface area contributed by atoms with Crippen molar-refractivity contribution in [3.05, 3.63) is 0 Å². The van der Waals surface area contributed by atoms with Crippen LogP contribution in [0.3, 0.4) is 0 Å². The molecule has 0 radical (unpaired) electrons. The molecule has 1 rings (SSSR count). The average Bonchev–Trinajstić information content (AvgIpc) is 2.45. The Hall–Kier alpha value is -0.0800. The Kier molecular flexibility index (Phi) is 3.53. The number of hydrogen-bond donors (Lipinski definition) is 2. The maximum absolute atomic E-state index is 9.35. The molecule has 2 unspecified atom stereocenters. The third-order valence-corrected chi connectivity index (χ3v) is 3.21. The molecule has 2 heteroatoms. The molecule has 1 saturated carbocycles. The molecule has 0 aliphatic heterocycles. The first-order valence-electron chi connectivity index (χ1n) is 5.11. The van der Waals surface area contributed by atoms with Crippen LogP contribution in [0.25, 0.3) is 0 Å². The first-order chi connectivity index (χ1) is 5.75. The van der Waals surface area contributed by atoms with Gasteiger partial charge in [-0.05, 0) is 31.7 Å². The van der Waals surface area contributed by atoms with E-state index in [4.69, 9.17) is 0 Å². The van der Waals surface area contributed by atoms with Gasteiger partial charge in [0.25, 0.3) is 0 Å². The molecule has 0 heterocycles. The standard InChI is InChI=1S/C10H21NO/c1-3-7-11-10(8-12)6-4-5-9(10)2/h9,11-12H,3-8H2,1-2H3.